The van der Waals surface area contributed by atoms with Gasteiger partial charge in [0.2, 0.25) is 0 Å². The highest BCUT2D eigenvalue weighted by molar-refractivity contribution is 7.93. The Labute approximate surface area is 163 Å². The molecule has 2 aromatic rings. The van der Waals surface area contributed by atoms with Crippen LogP contribution >= 0.6 is 0 Å². The van der Waals surface area contributed by atoms with Crippen LogP contribution in [0.2, 0.25) is 0 Å². The number of aromatic nitrogens is 3. The largest absolute Gasteiger partial charge is 0.356 e. The van der Waals surface area contributed by atoms with Gasteiger partial charge >= 0.3 is 0 Å². The lowest BCUT2D eigenvalue weighted by atomic mass is 9.86. The first-order chi connectivity index (χ1) is 13.1. The summed E-state index contributed by atoms with van der Waals surface area (Å²) in [5.74, 6) is 3.07. The van der Waals surface area contributed by atoms with Crippen molar-refractivity contribution in [2.24, 2.45) is 10.3 Å². The maximum Gasteiger partial charge on any atom is 0.142 e. The molecule has 1 N–H and O–H groups in total. The van der Waals surface area contributed by atoms with Crippen molar-refractivity contribution in [3.63, 3.8) is 0 Å². The lowest BCUT2D eigenvalue weighted by Gasteiger charge is -2.35. The molecule has 150 valence electrons. The van der Waals surface area contributed by atoms with Gasteiger partial charge in [0.1, 0.15) is 17.8 Å². The third-order valence-corrected chi connectivity index (χ3v) is 8.29. The number of fused-ring (bicyclic) bond motifs is 1. The third-order valence-electron chi connectivity index (χ3n) is 5.60. The number of aromatic amines is 1. The molecule has 2 heterocycles. The highest BCUT2D eigenvalue weighted by atomic mass is 32.2. The number of H-pyrrole nitrogens is 1. The molecule has 1 fully saturated rings. The number of anilines is 1. The van der Waals surface area contributed by atoms with Gasteiger partial charge < -0.3 is 9.88 Å². The van der Waals surface area contributed by atoms with Gasteiger partial charge in [0.15, 0.2) is 0 Å². The van der Waals surface area contributed by atoms with E-state index in [9.17, 15) is 4.21 Å². The van der Waals surface area contributed by atoms with Gasteiger partial charge in [-0.1, -0.05) is 13.8 Å². The first-order valence-corrected chi connectivity index (χ1v) is 12.1. The van der Waals surface area contributed by atoms with E-state index in [1.54, 1.807) is 6.33 Å². The highest BCUT2D eigenvalue weighted by Gasteiger charge is 2.28. The molecule has 1 saturated carbocycles. The molecule has 0 radical (unpaired) electrons. The highest BCUT2D eigenvalue weighted by Crippen LogP contribution is 2.32. The number of hydrogen-bond donors (Lipinski definition) is 1. The SMILES string of the molecule is CCCN=S(=O)(CCC)CC1CCC(N(C)c2ncnc3[nH]ccc23)CC1. The van der Waals surface area contributed by atoms with Crippen molar-refractivity contribution < 1.29 is 4.21 Å². The minimum Gasteiger partial charge on any atom is -0.356 e. The second-order valence-electron chi connectivity index (χ2n) is 7.72. The molecule has 3 rings (SSSR count). The van der Waals surface area contributed by atoms with E-state index in [-0.39, 0.29) is 0 Å². The van der Waals surface area contributed by atoms with Crippen LogP contribution in [0.5, 0.6) is 0 Å². The van der Waals surface area contributed by atoms with Gasteiger partial charge in [-0.05, 0) is 50.5 Å². The summed E-state index contributed by atoms with van der Waals surface area (Å²) in [6.07, 6.45) is 9.95. The first-order valence-electron chi connectivity index (χ1n) is 10.3. The molecule has 1 atom stereocenters. The molecule has 0 aromatic carbocycles. The topological polar surface area (TPSA) is 74.2 Å². The quantitative estimate of drug-likeness (QED) is 0.730. The fraction of sp³-hybridized carbons (Fsp3) is 0.700. The van der Waals surface area contributed by atoms with Crippen LogP contribution in [0.3, 0.4) is 0 Å². The monoisotopic (exact) mass is 391 g/mol. The zero-order valence-corrected chi connectivity index (χ0v) is 17.7. The molecule has 6 nitrogen and oxygen atoms in total. The van der Waals surface area contributed by atoms with Crippen molar-refractivity contribution in [3.05, 3.63) is 18.6 Å². The Morgan fingerprint density at radius 2 is 2.00 bits per heavy atom. The molecule has 2 aromatic heterocycles. The van der Waals surface area contributed by atoms with E-state index in [4.69, 9.17) is 0 Å². The van der Waals surface area contributed by atoms with E-state index in [2.05, 4.69) is 45.1 Å². The van der Waals surface area contributed by atoms with Gasteiger partial charge in [-0.3, -0.25) is 0 Å². The fourth-order valence-electron chi connectivity index (χ4n) is 4.16. The normalized spacial score (nSPS) is 22.5. The van der Waals surface area contributed by atoms with Gasteiger partial charge in [-0.25, -0.2) is 18.5 Å². The Bertz CT molecular complexity index is 847. The molecule has 1 aliphatic carbocycles. The van der Waals surface area contributed by atoms with E-state index >= 15 is 0 Å². The maximum atomic E-state index is 13.2. The number of rotatable bonds is 8. The Kier molecular flexibility index (Phi) is 6.73. The van der Waals surface area contributed by atoms with Crippen LogP contribution in [0.4, 0.5) is 5.82 Å². The molecule has 7 heteroatoms. The van der Waals surface area contributed by atoms with Crippen LogP contribution < -0.4 is 4.90 Å². The third kappa shape index (κ3) is 4.81. The summed E-state index contributed by atoms with van der Waals surface area (Å²) in [6.45, 7) is 4.94. The van der Waals surface area contributed by atoms with Crippen molar-refractivity contribution in [1.29, 1.82) is 0 Å². The molecule has 0 spiro atoms. The van der Waals surface area contributed by atoms with E-state index < -0.39 is 9.73 Å². The van der Waals surface area contributed by atoms with Crippen molar-refractivity contribution in [1.82, 2.24) is 15.0 Å². The minimum absolute atomic E-state index is 0.476. The lowest BCUT2D eigenvalue weighted by molar-refractivity contribution is 0.342. The minimum atomic E-state index is -2.03. The molecule has 0 amide bonds. The summed E-state index contributed by atoms with van der Waals surface area (Å²) in [4.78, 5) is 14.3. The number of hydrogen-bond acceptors (Lipinski definition) is 5. The van der Waals surface area contributed by atoms with Crippen LogP contribution in [0.25, 0.3) is 11.0 Å². The molecule has 1 unspecified atom stereocenters. The van der Waals surface area contributed by atoms with Gasteiger partial charge in [0.05, 0.1) is 5.39 Å². The molecule has 27 heavy (non-hydrogen) atoms. The van der Waals surface area contributed by atoms with Crippen LogP contribution in [-0.4, -0.2) is 50.3 Å². The molecule has 0 saturated heterocycles. The van der Waals surface area contributed by atoms with E-state index in [1.165, 1.54) is 0 Å². The van der Waals surface area contributed by atoms with Crippen LogP contribution in [0.1, 0.15) is 52.4 Å². The standard InChI is InChI=1S/C20H33N5OS/c1-4-11-24-27(26,13-5-2)14-16-6-8-17(9-7-16)25(3)20-18-10-12-21-19(18)22-15-23-20/h10,12,15-17H,4-9,11,13-14H2,1-3H3,(H,21,22,23). The smallest absolute Gasteiger partial charge is 0.142 e. The average Bonchev–Trinajstić information content (AvgIpc) is 3.15. The second kappa shape index (κ2) is 9.04. The Morgan fingerprint density at radius 3 is 2.70 bits per heavy atom. The predicted molar refractivity (Wildman–Crippen MR) is 114 cm³/mol. The summed E-state index contributed by atoms with van der Waals surface area (Å²) >= 11 is 0. The number of nitrogens with zero attached hydrogens (tertiary/aromatic N) is 4. The Hall–Kier alpha value is -1.63. The van der Waals surface area contributed by atoms with Crippen LogP contribution in [0.15, 0.2) is 23.0 Å². The van der Waals surface area contributed by atoms with E-state index in [0.717, 1.165) is 73.4 Å². The summed E-state index contributed by atoms with van der Waals surface area (Å²) in [5.41, 5.74) is 0.886. The Morgan fingerprint density at radius 1 is 1.22 bits per heavy atom. The predicted octanol–water partition coefficient (Wildman–Crippen LogP) is 4.24. The first kappa shape index (κ1) is 20.1. The number of nitrogens with one attached hydrogen (secondary N) is 1. The van der Waals surface area contributed by atoms with E-state index in [0.29, 0.717) is 12.0 Å². The zero-order chi connectivity index (χ0) is 19.3. The van der Waals surface area contributed by atoms with Gasteiger partial charge in [0, 0.05) is 47.1 Å². The molecule has 0 aliphatic heterocycles. The van der Waals surface area contributed by atoms with Crippen LogP contribution in [0, 0.1) is 5.92 Å². The Balaban J connectivity index is 1.63. The zero-order valence-electron chi connectivity index (χ0n) is 16.9. The van der Waals surface area contributed by atoms with Crippen molar-refractivity contribution >= 4 is 26.6 Å². The molecular weight excluding hydrogens is 358 g/mol. The molecule has 0 bridgehead atoms. The average molecular weight is 392 g/mol. The van der Waals surface area contributed by atoms with E-state index in [1.807, 2.05) is 12.3 Å². The van der Waals surface area contributed by atoms with Gasteiger partial charge in [0.25, 0.3) is 0 Å². The summed E-state index contributed by atoms with van der Waals surface area (Å²) in [7, 11) is 0.110. The van der Waals surface area contributed by atoms with Gasteiger partial charge in [-0.15, -0.1) is 0 Å². The van der Waals surface area contributed by atoms with Crippen molar-refractivity contribution in [2.75, 3.05) is 30.0 Å². The maximum absolute atomic E-state index is 13.2. The lowest BCUT2D eigenvalue weighted by Crippen LogP contribution is -2.37. The summed E-state index contributed by atoms with van der Waals surface area (Å²) < 4.78 is 17.8. The van der Waals surface area contributed by atoms with Crippen LogP contribution in [-0.2, 0) is 9.73 Å². The van der Waals surface area contributed by atoms with Gasteiger partial charge in [-0.2, -0.15) is 0 Å². The summed E-state index contributed by atoms with van der Waals surface area (Å²) in [5, 5.41) is 1.08. The molecular formula is C20H33N5OS. The second-order valence-corrected chi connectivity index (χ2v) is 10.3. The van der Waals surface area contributed by atoms with Crippen molar-refractivity contribution in [3.8, 4) is 0 Å². The summed E-state index contributed by atoms with van der Waals surface area (Å²) in [6, 6.07) is 2.52. The fourth-order valence-corrected chi connectivity index (χ4v) is 6.78. The molecule has 1 aliphatic rings. The van der Waals surface area contributed by atoms with Crippen molar-refractivity contribution in [2.45, 2.75) is 58.4 Å².